The Labute approximate surface area is 166 Å². The summed E-state index contributed by atoms with van der Waals surface area (Å²) in [5.41, 5.74) is 0.487. The monoisotopic (exact) mass is 393 g/mol. The third kappa shape index (κ3) is 5.59. The number of methoxy groups -OCH3 is 2. The second-order valence-electron chi connectivity index (χ2n) is 7.73. The normalized spacial score (nSPS) is 17.8. The second kappa shape index (κ2) is 9.75. The van der Waals surface area contributed by atoms with Crippen molar-refractivity contribution in [3.8, 4) is 11.5 Å². The summed E-state index contributed by atoms with van der Waals surface area (Å²) >= 11 is 0. The van der Waals surface area contributed by atoms with Crippen LogP contribution in [0.2, 0.25) is 0 Å². The first-order valence-electron chi connectivity index (χ1n) is 9.40. The average Bonchev–Trinajstić information content (AvgIpc) is 2.68. The lowest BCUT2D eigenvalue weighted by Gasteiger charge is -2.35. The number of benzene rings is 1. The van der Waals surface area contributed by atoms with Crippen molar-refractivity contribution < 1.29 is 24.2 Å². The van der Waals surface area contributed by atoms with E-state index in [1.807, 2.05) is 36.9 Å². The molecule has 1 heterocycles. The molecule has 28 heavy (non-hydrogen) atoms. The molecule has 1 aliphatic rings. The summed E-state index contributed by atoms with van der Waals surface area (Å²) in [6.45, 7) is 5.67. The zero-order valence-electron chi connectivity index (χ0n) is 17.1. The zero-order chi connectivity index (χ0) is 20.7. The summed E-state index contributed by atoms with van der Waals surface area (Å²) in [5, 5.41) is 15.0. The lowest BCUT2D eigenvalue weighted by atomic mass is 9.95. The molecule has 1 aromatic rings. The molecule has 0 spiro atoms. The topological polar surface area (TPSA) is 100 Å². The first-order valence-corrected chi connectivity index (χ1v) is 9.40. The van der Waals surface area contributed by atoms with Crippen LogP contribution in [0, 0.1) is 5.41 Å². The van der Waals surface area contributed by atoms with E-state index in [1.165, 1.54) is 0 Å². The van der Waals surface area contributed by atoms with Crippen LogP contribution in [0.5, 0.6) is 11.5 Å². The predicted molar refractivity (Wildman–Crippen MR) is 105 cm³/mol. The highest BCUT2D eigenvalue weighted by Gasteiger charge is 2.32. The Balaban J connectivity index is 2.10. The largest absolute Gasteiger partial charge is 0.493 e. The number of piperazine rings is 1. The van der Waals surface area contributed by atoms with Crippen molar-refractivity contribution >= 4 is 11.8 Å². The van der Waals surface area contributed by atoms with Crippen molar-refractivity contribution in [1.29, 1.82) is 0 Å². The van der Waals surface area contributed by atoms with E-state index >= 15 is 0 Å². The van der Waals surface area contributed by atoms with E-state index in [-0.39, 0.29) is 24.8 Å². The van der Waals surface area contributed by atoms with E-state index in [9.17, 15) is 14.7 Å². The van der Waals surface area contributed by atoms with Crippen LogP contribution in [0.1, 0.15) is 25.8 Å². The zero-order valence-corrected chi connectivity index (χ0v) is 17.1. The number of carbonyl (C=O) groups excluding carboxylic acids is 2. The average molecular weight is 393 g/mol. The molecule has 3 N–H and O–H groups in total. The number of para-hydroxylation sites is 1. The quantitative estimate of drug-likeness (QED) is 0.566. The Morgan fingerprint density at radius 2 is 2.11 bits per heavy atom. The first kappa shape index (κ1) is 22.0. The minimum atomic E-state index is -0.568. The molecule has 0 bridgehead atoms. The number of hydrogen-bond acceptors (Lipinski definition) is 6. The summed E-state index contributed by atoms with van der Waals surface area (Å²) < 4.78 is 10.8. The number of aliphatic hydroxyl groups excluding tert-OH is 1. The molecule has 8 nitrogen and oxygen atoms in total. The molecule has 1 fully saturated rings. The Morgan fingerprint density at radius 3 is 2.75 bits per heavy atom. The van der Waals surface area contributed by atoms with Crippen LogP contribution in [0.3, 0.4) is 0 Å². The highest BCUT2D eigenvalue weighted by Crippen LogP contribution is 2.32. The van der Waals surface area contributed by atoms with Crippen LogP contribution in [0.25, 0.3) is 0 Å². The SMILES string of the molecule is COc1cccc(CN2CCNC(=O)C2CC(=O)NCC(C)(C)CO)c1OC. The van der Waals surface area contributed by atoms with Gasteiger partial charge in [-0.15, -0.1) is 0 Å². The maximum Gasteiger partial charge on any atom is 0.237 e. The molecule has 2 amide bonds. The Kier molecular flexibility index (Phi) is 7.65. The van der Waals surface area contributed by atoms with Gasteiger partial charge in [-0.3, -0.25) is 14.5 Å². The van der Waals surface area contributed by atoms with Gasteiger partial charge < -0.3 is 25.2 Å². The summed E-state index contributed by atoms with van der Waals surface area (Å²) in [5.74, 6) is 0.877. The van der Waals surface area contributed by atoms with Crippen LogP contribution in [0.4, 0.5) is 0 Å². The Morgan fingerprint density at radius 1 is 1.36 bits per heavy atom. The summed E-state index contributed by atoms with van der Waals surface area (Å²) in [6.07, 6.45) is 0.0552. The third-order valence-corrected chi connectivity index (χ3v) is 4.87. The maximum absolute atomic E-state index is 12.4. The fraction of sp³-hybridized carbons (Fsp3) is 0.600. The van der Waals surface area contributed by atoms with E-state index < -0.39 is 11.5 Å². The molecule has 0 saturated carbocycles. The number of carbonyl (C=O) groups is 2. The number of amides is 2. The molecule has 156 valence electrons. The Bertz CT molecular complexity index is 692. The minimum absolute atomic E-state index is 0.0288. The van der Waals surface area contributed by atoms with Gasteiger partial charge in [-0.2, -0.15) is 0 Å². The molecule has 0 radical (unpaired) electrons. The molecule has 1 aliphatic heterocycles. The molecule has 1 unspecified atom stereocenters. The lowest BCUT2D eigenvalue weighted by molar-refractivity contribution is -0.134. The van der Waals surface area contributed by atoms with Crippen LogP contribution >= 0.6 is 0 Å². The molecule has 0 aromatic heterocycles. The van der Waals surface area contributed by atoms with Gasteiger partial charge in [0.25, 0.3) is 0 Å². The minimum Gasteiger partial charge on any atom is -0.493 e. The van der Waals surface area contributed by atoms with Crippen molar-refractivity contribution in [2.24, 2.45) is 5.41 Å². The fourth-order valence-electron chi connectivity index (χ4n) is 3.11. The second-order valence-corrected chi connectivity index (χ2v) is 7.73. The number of rotatable bonds is 9. The summed E-state index contributed by atoms with van der Waals surface area (Å²) in [4.78, 5) is 26.8. The standard InChI is InChI=1S/C20H31N3O5/c1-20(2,13-24)12-22-17(25)10-15-19(26)21-8-9-23(15)11-14-6-5-7-16(27-3)18(14)28-4/h5-7,15,24H,8-13H2,1-4H3,(H,21,26)(H,22,25). The summed E-state index contributed by atoms with van der Waals surface area (Å²) in [7, 11) is 3.16. The van der Waals surface area contributed by atoms with Crippen molar-refractivity contribution in [1.82, 2.24) is 15.5 Å². The van der Waals surface area contributed by atoms with E-state index in [4.69, 9.17) is 9.47 Å². The van der Waals surface area contributed by atoms with Gasteiger partial charge in [-0.1, -0.05) is 26.0 Å². The molecule has 0 aliphatic carbocycles. The van der Waals surface area contributed by atoms with Gasteiger partial charge in [-0.05, 0) is 6.07 Å². The number of ether oxygens (including phenoxy) is 2. The van der Waals surface area contributed by atoms with E-state index in [2.05, 4.69) is 10.6 Å². The molecule has 8 heteroatoms. The van der Waals surface area contributed by atoms with E-state index in [1.54, 1.807) is 14.2 Å². The predicted octanol–water partition coefficient (Wildman–Crippen LogP) is 0.529. The number of hydrogen-bond donors (Lipinski definition) is 3. The molecule has 2 rings (SSSR count). The van der Waals surface area contributed by atoms with E-state index in [0.29, 0.717) is 37.7 Å². The van der Waals surface area contributed by atoms with Crippen LogP contribution in [-0.4, -0.2) is 68.3 Å². The van der Waals surface area contributed by atoms with Gasteiger partial charge in [0.05, 0.1) is 26.7 Å². The molecule has 1 aromatic carbocycles. The van der Waals surface area contributed by atoms with Crippen molar-refractivity contribution in [3.05, 3.63) is 23.8 Å². The lowest BCUT2D eigenvalue weighted by Crippen LogP contribution is -2.56. The number of nitrogens with one attached hydrogen (secondary N) is 2. The van der Waals surface area contributed by atoms with Gasteiger partial charge in [-0.25, -0.2) is 0 Å². The first-order chi connectivity index (χ1) is 13.3. The molecule has 1 saturated heterocycles. The molecular weight excluding hydrogens is 362 g/mol. The van der Waals surface area contributed by atoms with Crippen LogP contribution in [-0.2, 0) is 16.1 Å². The fourth-order valence-corrected chi connectivity index (χ4v) is 3.11. The molecule has 1 atom stereocenters. The number of aliphatic hydroxyl groups is 1. The van der Waals surface area contributed by atoms with Crippen molar-refractivity contribution in [2.75, 3.05) is 40.5 Å². The highest BCUT2D eigenvalue weighted by molar-refractivity contribution is 5.88. The van der Waals surface area contributed by atoms with Crippen LogP contribution < -0.4 is 20.1 Å². The van der Waals surface area contributed by atoms with Crippen LogP contribution in [0.15, 0.2) is 18.2 Å². The van der Waals surface area contributed by atoms with Gasteiger partial charge >= 0.3 is 0 Å². The third-order valence-electron chi connectivity index (χ3n) is 4.87. The van der Waals surface area contributed by atoms with Crippen molar-refractivity contribution in [2.45, 2.75) is 32.9 Å². The Hall–Kier alpha value is -2.32. The van der Waals surface area contributed by atoms with Gasteiger partial charge in [0.15, 0.2) is 11.5 Å². The van der Waals surface area contributed by atoms with Gasteiger partial charge in [0.1, 0.15) is 0 Å². The maximum atomic E-state index is 12.4. The van der Waals surface area contributed by atoms with E-state index in [0.717, 1.165) is 5.56 Å². The number of nitrogens with zero attached hydrogens (tertiary/aromatic N) is 1. The highest BCUT2D eigenvalue weighted by atomic mass is 16.5. The van der Waals surface area contributed by atoms with Gasteiger partial charge in [0, 0.05) is 43.8 Å². The van der Waals surface area contributed by atoms with Crippen molar-refractivity contribution in [3.63, 3.8) is 0 Å². The van der Waals surface area contributed by atoms with Gasteiger partial charge in [0.2, 0.25) is 11.8 Å². The smallest absolute Gasteiger partial charge is 0.237 e. The summed E-state index contributed by atoms with van der Waals surface area (Å²) in [6, 6.07) is 5.05. The molecular formula is C20H31N3O5.